The number of hydrogen-bond acceptors (Lipinski definition) is 3. The van der Waals surface area contributed by atoms with Crippen LogP contribution in [0.25, 0.3) is 10.9 Å². The molecule has 0 amide bonds. The zero-order valence-electron chi connectivity index (χ0n) is 15.5. The Morgan fingerprint density at radius 2 is 1.96 bits per heavy atom. The smallest absolute Gasteiger partial charge is 0.154 e. The molecule has 2 N–H and O–H groups in total. The van der Waals surface area contributed by atoms with E-state index in [-0.39, 0.29) is 24.0 Å². The predicted molar refractivity (Wildman–Crippen MR) is 111 cm³/mol. The SMILES string of the molecule is CCS(=O)(=O)Cc1cccc2c(C(CCO)c3ccc(Cl)cc3C)c[nH]c12. The van der Waals surface area contributed by atoms with Crippen LogP contribution in [0.15, 0.2) is 42.6 Å². The first-order valence-electron chi connectivity index (χ1n) is 9.02. The van der Waals surface area contributed by atoms with E-state index >= 15 is 0 Å². The Morgan fingerprint density at radius 3 is 2.63 bits per heavy atom. The molecule has 1 atom stereocenters. The number of hydrogen-bond donors (Lipinski definition) is 2. The van der Waals surface area contributed by atoms with Gasteiger partial charge < -0.3 is 10.1 Å². The fraction of sp³-hybridized carbons (Fsp3) is 0.333. The molecule has 0 fully saturated rings. The van der Waals surface area contributed by atoms with Crippen LogP contribution in [0.1, 0.15) is 41.5 Å². The van der Waals surface area contributed by atoms with Crippen LogP contribution in [-0.4, -0.2) is 30.9 Å². The van der Waals surface area contributed by atoms with Crippen LogP contribution in [0.2, 0.25) is 5.02 Å². The van der Waals surface area contributed by atoms with Crippen molar-refractivity contribution in [3.05, 3.63) is 69.9 Å². The number of rotatable bonds is 7. The fourth-order valence-corrected chi connectivity index (χ4v) is 4.77. The quantitative estimate of drug-likeness (QED) is 0.604. The molecule has 0 bridgehead atoms. The molecule has 4 nitrogen and oxygen atoms in total. The van der Waals surface area contributed by atoms with Crippen molar-refractivity contribution < 1.29 is 13.5 Å². The normalized spacial score (nSPS) is 13.2. The van der Waals surface area contributed by atoms with Gasteiger partial charge in [0.2, 0.25) is 0 Å². The Balaban J connectivity index is 2.11. The first-order chi connectivity index (χ1) is 12.9. The monoisotopic (exact) mass is 405 g/mol. The van der Waals surface area contributed by atoms with Crippen molar-refractivity contribution >= 4 is 32.3 Å². The standard InChI is InChI=1S/C21H24ClNO3S/c1-3-27(25,26)13-15-5-4-6-19-20(12-23-21(15)19)18(9-10-24)17-8-7-16(22)11-14(17)2/h4-8,11-12,18,23-24H,3,9-10,13H2,1-2H3. The zero-order chi connectivity index (χ0) is 19.6. The molecule has 27 heavy (non-hydrogen) atoms. The van der Waals surface area contributed by atoms with Crippen molar-refractivity contribution in [2.75, 3.05) is 12.4 Å². The number of nitrogens with one attached hydrogen (secondary N) is 1. The topological polar surface area (TPSA) is 70.2 Å². The largest absolute Gasteiger partial charge is 0.396 e. The van der Waals surface area contributed by atoms with Gasteiger partial charge in [0.25, 0.3) is 0 Å². The van der Waals surface area contributed by atoms with Crippen LogP contribution in [0, 0.1) is 6.92 Å². The van der Waals surface area contributed by atoms with E-state index in [1.54, 1.807) is 6.92 Å². The lowest BCUT2D eigenvalue weighted by atomic mass is 9.86. The van der Waals surface area contributed by atoms with E-state index in [2.05, 4.69) is 4.98 Å². The van der Waals surface area contributed by atoms with Crippen molar-refractivity contribution in [3.8, 4) is 0 Å². The highest BCUT2D eigenvalue weighted by Crippen LogP contribution is 2.36. The van der Waals surface area contributed by atoms with Crippen LogP contribution in [0.4, 0.5) is 0 Å². The van der Waals surface area contributed by atoms with Gasteiger partial charge in [0.1, 0.15) is 0 Å². The number of H-pyrrole nitrogens is 1. The molecule has 3 aromatic rings. The van der Waals surface area contributed by atoms with Gasteiger partial charge in [-0.2, -0.15) is 0 Å². The van der Waals surface area contributed by atoms with E-state index in [1.165, 1.54) is 0 Å². The first-order valence-corrected chi connectivity index (χ1v) is 11.2. The summed E-state index contributed by atoms with van der Waals surface area (Å²) in [6, 6.07) is 11.5. The maximum atomic E-state index is 12.1. The van der Waals surface area contributed by atoms with Gasteiger partial charge >= 0.3 is 0 Å². The number of aryl methyl sites for hydroxylation is 1. The molecular formula is C21H24ClNO3S. The Kier molecular flexibility index (Phi) is 5.94. The molecule has 1 aromatic heterocycles. The molecule has 2 aromatic carbocycles. The minimum absolute atomic E-state index is 0.000881. The minimum Gasteiger partial charge on any atom is -0.396 e. The molecule has 0 saturated heterocycles. The van der Waals surface area contributed by atoms with Gasteiger partial charge in [0.15, 0.2) is 9.84 Å². The molecule has 0 aliphatic carbocycles. The summed E-state index contributed by atoms with van der Waals surface area (Å²) < 4.78 is 24.2. The molecule has 0 spiro atoms. The number of para-hydroxylation sites is 1. The molecule has 0 radical (unpaired) electrons. The van der Waals surface area contributed by atoms with E-state index in [9.17, 15) is 13.5 Å². The number of halogens is 1. The van der Waals surface area contributed by atoms with Crippen molar-refractivity contribution in [2.24, 2.45) is 0 Å². The Bertz CT molecular complexity index is 1060. The Morgan fingerprint density at radius 1 is 1.19 bits per heavy atom. The van der Waals surface area contributed by atoms with E-state index in [4.69, 9.17) is 11.6 Å². The third-order valence-electron chi connectivity index (χ3n) is 5.05. The van der Waals surface area contributed by atoms with Gasteiger partial charge in [-0.25, -0.2) is 8.42 Å². The van der Waals surface area contributed by atoms with Crippen molar-refractivity contribution in [3.63, 3.8) is 0 Å². The van der Waals surface area contributed by atoms with Crippen LogP contribution >= 0.6 is 11.6 Å². The summed E-state index contributed by atoms with van der Waals surface area (Å²) >= 11 is 6.10. The molecular weight excluding hydrogens is 382 g/mol. The number of aliphatic hydroxyl groups excluding tert-OH is 1. The van der Waals surface area contributed by atoms with E-state index < -0.39 is 9.84 Å². The Labute approximate surface area is 165 Å². The first kappa shape index (κ1) is 19.9. The average molecular weight is 406 g/mol. The van der Waals surface area contributed by atoms with Crippen LogP contribution in [-0.2, 0) is 15.6 Å². The van der Waals surface area contributed by atoms with Crippen LogP contribution in [0.3, 0.4) is 0 Å². The predicted octanol–water partition coefficient (Wildman–Crippen LogP) is 4.58. The lowest BCUT2D eigenvalue weighted by Gasteiger charge is -2.19. The average Bonchev–Trinajstić information content (AvgIpc) is 3.05. The summed E-state index contributed by atoms with van der Waals surface area (Å²) in [4.78, 5) is 3.27. The molecule has 0 aliphatic heterocycles. The van der Waals surface area contributed by atoms with Crippen molar-refractivity contribution in [1.29, 1.82) is 0 Å². The van der Waals surface area contributed by atoms with Gasteiger partial charge in [0, 0.05) is 40.4 Å². The van der Waals surface area contributed by atoms with Gasteiger partial charge in [0.05, 0.1) is 5.75 Å². The summed E-state index contributed by atoms with van der Waals surface area (Å²) in [5, 5.41) is 11.3. The molecule has 1 unspecified atom stereocenters. The Hall–Kier alpha value is -1.82. The van der Waals surface area contributed by atoms with Gasteiger partial charge in [-0.05, 0) is 47.7 Å². The van der Waals surface area contributed by atoms with E-state index in [0.717, 1.165) is 33.2 Å². The van der Waals surface area contributed by atoms with Crippen LogP contribution < -0.4 is 0 Å². The highest BCUT2D eigenvalue weighted by Gasteiger charge is 2.21. The fourth-order valence-electron chi connectivity index (χ4n) is 3.62. The highest BCUT2D eigenvalue weighted by atomic mass is 35.5. The van der Waals surface area contributed by atoms with E-state index in [1.807, 2.05) is 49.5 Å². The van der Waals surface area contributed by atoms with Gasteiger partial charge in [-0.1, -0.05) is 42.8 Å². The summed E-state index contributed by atoms with van der Waals surface area (Å²) in [5.41, 5.74) is 4.86. The van der Waals surface area contributed by atoms with Gasteiger partial charge in [-0.15, -0.1) is 0 Å². The number of aromatic nitrogens is 1. The number of sulfone groups is 1. The molecule has 3 rings (SSSR count). The minimum atomic E-state index is -3.12. The second kappa shape index (κ2) is 8.05. The number of aromatic amines is 1. The highest BCUT2D eigenvalue weighted by molar-refractivity contribution is 7.90. The second-order valence-corrected chi connectivity index (χ2v) is 9.62. The second-order valence-electron chi connectivity index (χ2n) is 6.83. The third-order valence-corrected chi connectivity index (χ3v) is 6.92. The molecule has 0 saturated carbocycles. The summed E-state index contributed by atoms with van der Waals surface area (Å²) in [6.07, 6.45) is 2.51. The summed E-state index contributed by atoms with van der Waals surface area (Å²) in [6.45, 7) is 3.74. The van der Waals surface area contributed by atoms with Gasteiger partial charge in [-0.3, -0.25) is 0 Å². The molecule has 6 heteroatoms. The number of aliphatic hydroxyl groups is 1. The maximum absolute atomic E-state index is 12.1. The number of benzene rings is 2. The third kappa shape index (κ3) is 4.21. The molecule has 144 valence electrons. The van der Waals surface area contributed by atoms with Crippen molar-refractivity contribution in [1.82, 2.24) is 4.98 Å². The zero-order valence-corrected chi connectivity index (χ0v) is 17.1. The van der Waals surface area contributed by atoms with E-state index in [0.29, 0.717) is 11.4 Å². The maximum Gasteiger partial charge on any atom is 0.154 e. The number of fused-ring (bicyclic) bond motifs is 1. The molecule has 1 heterocycles. The lowest BCUT2D eigenvalue weighted by molar-refractivity contribution is 0.281. The molecule has 0 aliphatic rings. The van der Waals surface area contributed by atoms with Crippen LogP contribution in [0.5, 0.6) is 0 Å². The lowest BCUT2D eigenvalue weighted by Crippen LogP contribution is -2.07. The summed E-state index contributed by atoms with van der Waals surface area (Å²) in [5.74, 6) is 0.138. The summed E-state index contributed by atoms with van der Waals surface area (Å²) in [7, 11) is -3.12. The van der Waals surface area contributed by atoms with Crippen molar-refractivity contribution in [2.45, 2.75) is 31.9 Å².